The number of hydrogen-bond donors (Lipinski definition) is 2. The van der Waals surface area contributed by atoms with E-state index in [4.69, 9.17) is 5.11 Å². The molecular weight excluding hydrogens is 170 g/mol. The zero-order valence-electron chi connectivity index (χ0n) is 8.13. The third-order valence-electron chi connectivity index (χ3n) is 1.55. The maximum atomic E-state index is 10.6. The van der Waals surface area contributed by atoms with Crippen molar-refractivity contribution in [2.24, 2.45) is 5.41 Å². The molecule has 0 saturated heterocycles. The molecule has 4 nitrogen and oxygen atoms in total. The van der Waals surface area contributed by atoms with Gasteiger partial charge in [-0.2, -0.15) is 0 Å². The zero-order chi connectivity index (χ0) is 10.5. The van der Waals surface area contributed by atoms with Gasteiger partial charge in [-0.3, -0.25) is 9.59 Å². The summed E-state index contributed by atoms with van der Waals surface area (Å²) in [6.45, 7) is 4.97. The number of carboxylic acids is 1. The molecule has 13 heavy (non-hydrogen) atoms. The van der Waals surface area contributed by atoms with Crippen molar-refractivity contribution in [1.82, 2.24) is 5.32 Å². The van der Waals surface area contributed by atoms with Gasteiger partial charge >= 0.3 is 5.97 Å². The van der Waals surface area contributed by atoms with Crippen molar-refractivity contribution >= 4 is 11.9 Å². The molecule has 4 heteroatoms. The van der Waals surface area contributed by atoms with Crippen LogP contribution in [0.1, 0.15) is 20.8 Å². The van der Waals surface area contributed by atoms with E-state index in [1.54, 1.807) is 26.0 Å². The Morgan fingerprint density at radius 1 is 1.46 bits per heavy atom. The van der Waals surface area contributed by atoms with E-state index >= 15 is 0 Å². The van der Waals surface area contributed by atoms with Crippen molar-refractivity contribution in [2.45, 2.75) is 20.8 Å². The molecule has 0 aromatic rings. The molecule has 0 unspecified atom stereocenters. The summed E-state index contributed by atoms with van der Waals surface area (Å²) in [5.41, 5.74) is -0.877. The Morgan fingerprint density at radius 2 is 2.00 bits per heavy atom. The monoisotopic (exact) mass is 185 g/mol. The normalized spacial score (nSPS) is 11.6. The van der Waals surface area contributed by atoms with Crippen LogP contribution in [0.2, 0.25) is 0 Å². The molecule has 0 fully saturated rings. The second-order valence-corrected chi connectivity index (χ2v) is 3.37. The first-order valence-electron chi connectivity index (χ1n) is 4.02. The first-order chi connectivity index (χ1) is 5.86. The second kappa shape index (κ2) is 4.64. The molecule has 74 valence electrons. The van der Waals surface area contributed by atoms with Crippen LogP contribution in [0.3, 0.4) is 0 Å². The Hall–Kier alpha value is -1.32. The number of nitrogens with one attached hydrogen (secondary N) is 1. The number of carbonyl (C=O) groups excluding carboxylic acids is 1. The highest BCUT2D eigenvalue weighted by Gasteiger charge is 2.22. The predicted octanol–water partition coefficient (Wildman–Crippen LogP) is 0.790. The summed E-state index contributed by atoms with van der Waals surface area (Å²) < 4.78 is 0. The topological polar surface area (TPSA) is 66.4 Å². The Labute approximate surface area is 77.6 Å². The molecule has 0 radical (unpaired) electrons. The fourth-order valence-corrected chi connectivity index (χ4v) is 0.627. The highest BCUT2D eigenvalue weighted by Crippen LogP contribution is 2.16. The summed E-state index contributed by atoms with van der Waals surface area (Å²) in [6.07, 6.45) is 3.20. The van der Waals surface area contributed by atoms with Gasteiger partial charge in [-0.1, -0.05) is 12.2 Å². The second-order valence-electron chi connectivity index (χ2n) is 3.37. The molecular formula is C9H15NO3. The minimum atomic E-state index is -0.883. The highest BCUT2D eigenvalue weighted by molar-refractivity contribution is 5.76. The van der Waals surface area contributed by atoms with Crippen molar-refractivity contribution in [3.63, 3.8) is 0 Å². The molecule has 0 rings (SSSR count). The van der Waals surface area contributed by atoms with Gasteiger partial charge in [0.1, 0.15) is 0 Å². The van der Waals surface area contributed by atoms with E-state index in [9.17, 15) is 9.59 Å². The van der Waals surface area contributed by atoms with Gasteiger partial charge in [0, 0.05) is 13.5 Å². The predicted molar refractivity (Wildman–Crippen MR) is 49.2 cm³/mol. The number of amides is 1. The van der Waals surface area contributed by atoms with Gasteiger partial charge in [-0.25, -0.2) is 0 Å². The molecule has 0 aromatic heterocycles. The fourth-order valence-electron chi connectivity index (χ4n) is 0.627. The van der Waals surface area contributed by atoms with Crippen LogP contribution in [0.5, 0.6) is 0 Å². The van der Waals surface area contributed by atoms with Gasteiger partial charge in [0.15, 0.2) is 0 Å². The smallest absolute Gasteiger partial charge is 0.312 e. The summed E-state index contributed by atoms with van der Waals surface area (Å²) >= 11 is 0. The summed E-state index contributed by atoms with van der Waals surface area (Å²) in [4.78, 5) is 21.1. The van der Waals surface area contributed by atoms with Gasteiger partial charge in [0.2, 0.25) is 5.91 Å². The van der Waals surface area contributed by atoms with Crippen molar-refractivity contribution in [3.8, 4) is 0 Å². The van der Waals surface area contributed by atoms with E-state index in [0.717, 1.165) is 0 Å². The van der Waals surface area contributed by atoms with Gasteiger partial charge in [0.25, 0.3) is 0 Å². The molecule has 0 aromatic carbocycles. The van der Waals surface area contributed by atoms with Gasteiger partial charge < -0.3 is 10.4 Å². The summed E-state index contributed by atoms with van der Waals surface area (Å²) in [5.74, 6) is -1.01. The van der Waals surface area contributed by atoms with E-state index in [1.165, 1.54) is 6.92 Å². The third kappa shape index (κ3) is 5.00. The quantitative estimate of drug-likeness (QED) is 0.636. The molecule has 0 aliphatic carbocycles. The summed E-state index contributed by atoms with van der Waals surface area (Å²) in [6, 6.07) is 0. The van der Waals surface area contributed by atoms with Crippen LogP contribution >= 0.6 is 0 Å². The molecule has 0 bridgehead atoms. The zero-order valence-corrected chi connectivity index (χ0v) is 8.13. The lowest BCUT2D eigenvalue weighted by Crippen LogP contribution is -2.23. The number of carboxylic acid groups (broad SMARTS) is 1. The Bertz CT molecular complexity index is 231. The third-order valence-corrected chi connectivity index (χ3v) is 1.55. The van der Waals surface area contributed by atoms with Gasteiger partial charge in [-0.15, -0.1) is 0 Å². The number of hydrogen-bond acceptors (Lipinski definition) is 2. The molecule has 0 aliphatic heterocycles. The Morgan fingerprint density at radius 3 is 2.38 bits per heavy atom. The van der Waals surface area contributed by atoms with E-state index in [0.29, 0.717) is 6.54 Å². The summed E-state index contributed by atoms with van der Waals surface area (Å²) in [7, 11) is 0. The van der Waals surface area contributed by atoms with E-state index in [1.807, 2.05) is 0 Å². The maximum absolute atomic E-state index is 10.6. The van der Waals surface area contributed by atoms with E-state index < -0.39 is 11.4 Å². The average Bonchev–Trinajstić information content (AvgIpc) is 1.97. The Kier molecular flexibility index (Phi) is 4.17. The van der Waals surface area contributed by atoms with Crippen LogP contribution in [0.25, 0.3) is 0 Å². The van der Waals surface area contributed by atoms with Gasteiger partial charge in [-0.05, 0) is 13.8 Å². The molecule has 2 N–H and O–H groups in total. The minimum Gasteiger partial charge on any atom is -0.481 e. The van der Waals surface area contributed by atoms with E-state index in [2.05, 4.69) is 5.32 Å². The lowest BCUT2D eigenvalue weighted by atomic mass is 9.93. The summed E-state index contributed by atoms with van der Waals surface area (Å²) in [5, 5.41) is 11.2. The largest absolute Gasteiger partial charge is 0.481 e. The van der Waals surface area contributed by atoms with Crippen molar-refractivity contribution in [3.05, 3.63) is 12.2 Å². The first-order valence-corrected chi connectivity index (χ1v) is 4.02. The molecule has 0 spiro atoms. The van der Waals surface area contributed by atoms with Crippen LogP contribution < -0.4 is 5.32 Å². The molecule has 0 aliphatic rings. The lowest BCUT2D eigenvalue weighted by molar-refractivity contribution is -0.144. The SMILES string of the molecule is CC(=O)NC/C=C/C(C)(C)C(=O)O. The van der Waals surface area contributed by atoms with Crippen LogP contribution in [0.15, 0.2) is 12.2 Å². The molecule has 0 atom stereocenters. The molecule has 0 heterocycles. The average molecular weight is 185 g/mol. The standard InChI is InChI=1S/C9H15NO3/c1-7(11)10-6-4-5-9(2,3)8(12)13/h4-5H,6H2,1-3H3,(H,10,11)(H,12,13)/b5-4+. The fraction of sp³-hybridized carbons (Fsp3) is 0.556. The van der Waals surface area contributed by atoms with Crippen LogP contribution in [-0.4, -0.2) is 23.5 Å². The van der Waals surface area contributed by atoms with Crippen LogP contribution in [-0.2, 0) is 9.59 Å². The van der Waals surface area contributed by atoms with Gasteiger partial charge in [0.05, 0.1) is 5.41 Å². The number of rotatable bonds is 4. The van der Waals surface area contributed by atoms with Crippen LogP contribution in [0.4, 0.5) is 0 Å². The Balaban J connectivity index is 3.97. The van der Waals surface area contributed by atoms with Crippen molar-refractivity contribution < 1.29 is 14.7 Å². The maximum Gasteiger partial charge on any atom is 0.312 e. The molecule has 1 amide bonds. The van der Waals surface area contributed by atoms with E-state index in [-0.39, 0.29) is 5.91 Å². The number of aliphatic carboxylic acids is 1. The van der Waals surface area contributed by atoms with Crippen molar-refractivity contribution in [1.29, 1.82) is 0 Å². The van der Waals surface area contributed by atoms with Crippen molar-refractivity contribution in [2.75, 3.05) is 6.54 Å². The minimum absolute atomic E-state index is 0.127. The highest BCUT2D eigenvalue weighted by atomic mass is 16.4. The first kappa shape index (κ1) is 11.7. The van der Waals surface area contributed by atoms with Crippen LogP contribution in [0, 0.1) is 5.41 Å². The number of carbonyl (C=O) groups is 2. The molecule has 0 saturated carbocycles. The lowest BCUT2D eigenvalue weighted by Gasteiger charge is -2.12.